The number of unbranched alkanes of at least 4 members (excludes halogenated alkanes) is 6. The summed E-state index contributed by atoms with van der Waals surface area (Å²) < 4.78 is 39.1. The van der Waals surface area contributed by atoms with Gasteiger partial charge in [0.15, 0.2) is 34.6 Å². The van der Waals surface area contributed by atoms with E-state index in [1.807, 2.05) is 0 Å². The Balaban J connectivity index is 0.000000154. The topological polar surface area (TPSA) is 156 Å². The van der Waals surface area contributed by atoms with Gasteiger partial charge in [-0.25, -0.2) is 4.39 Å². The van der Waals surface area contributed by atoms with Gasteiger partial charge in [-0.3, -0.25) is 19.2 Å². The van der Waals surface area contributed by atoms with Gasteiger partial charge in [0.1, 0.15) is 5.82 Å². The van der Waals surface area contributed by atoms with E-state index in [9.17, 15) is 23.6 Å². The Morgan fingerprint density at radius 1 is 0.517 bits per heavy atom. The van der Waals surface area contributed by atoms with Crippen LogP contribution in [0.3, 0.4) is 0 Å². The van der Waals surface area contributed by atoms with Crippen molar-refractivity contribution in [2.45, 2.75) is 64.5 Å². The molecule has 0 saturated carbocycles. The summed E-state index contributed by atoms with van der Waals surface area (Å²) in [6.07, 6.45) is 6.40. The molecule has 0 spiro atoms. The third-order valence-corrected chi connectivity index (χ3v) is 11.8. The molecule has 0 atom stereocenters. The van der Waals surface area contributed by atoms with Crippen molar-refractivity contribution in [3.05, 3.63) is 114 Å². The predicted molar refractivity (Wildman–Crippen MR) is 222 cm³/mol. The molecule has 4 heterocycles. The molecule has 2 aromatic heterocycles. The lowest BCUT2D eigenvalue weighted by atomic mass is 10.0. The monoisotopic (exact) mass is 834 g/mol. The van der Waals surface area contributed by atoms with Crippen LogP contribution in [0.5, 0.6) is 23.0 Å². The summed E-state index contributed by atoms with van der Waals surface area (Å²) in [5.74, 6) is 1.31. The molecule has 308 valence electrons. The maximum atomic E-state index is 13.9. The van der Waals surface area contributed by atoms with Crippen molar-refractivity contribution in [1.29, 1.82) is 0 Å². The van der Waals surface area contributed by atoms with Gasteiger partial charge in [0, 0.05) is 69.7 Å². The molecule has 14 heteroatoms. The van der Waals surface area contributed by atoms with Crippen LogP contribution < -0.4 is 30.1 Å². The number of ether oxygens (including phenoxy) is 4. The summed E-state index contributed by atoms with van der Waals surface area (Å²) in [7, 11) is 0. The highest BCUT2D eigenvalue weighted by atomic mass is 35.5. The molecular formula is C46H40ClFN2O10. The van der Waals surface area contributed by atoms with Gasteiger partial charge in [-0.2, -0.15) is 0 Å². The maximum absolute atomic E-state index is 13.9. The van der Waals surface area contributed by atoms with Crippen LogP contribution in [0.2, 0.25) is 5.02 Å². The Morgan fingerprint density at radius 2 is 0.933 bits per heavy atom. The summed E-state index contributed by atoms with van der Waals surface area (Å²) in [6, 6.07) is 15.9. The number of aromatic nitrogens is 2. The number of halogens is 2. The first kappa shape index (κ1) is 39.4. The summed E-state index contributed by atoms with van der Waals surface area (Å²) in [5.41, 5.74) is 3.96. The number of carbonyl (C=O) groups is 2. The number of benzene rings is 4. The minimum Gasteiger partial charge on any atom is -0.454 e. The number of fused-ring (bicyclic) bond motifs is 12. The van der Waals surface area contributed by atoms with Crippen molar-refractivity contribution in [3.8, 4) is 45.5 Å². The van der Waals surface area contributed by atoms with E-state index in [2.05, 4.69) is 0 Å². The molecule has 0 bridgehead atoms. The molecule has 0 unspecified atom stereocenters. The van der Waals surface area contributed by atoms with Crippen molar-refractivity contribution < 1.29 is 43.1 Å². The number of aliphatic hydroxyl groups is 2. The lowest BCUT2D eigenvalue weighted by molar-refractivity contribution is 0.103. The van der Waals surface area contributed by atoms with Crippen LogP contribution >= 0.6 is 11.6 Å². The Morgan fingerprint density at radius 3 is 1.40 bits per heavy atom. The lowest BCUT2D eigenvalue weighted by Crippen LogP contribution is -2.23. The van der Waals surface area contributed by atoms with E-state index in [1.165, 1.54) is 18.2 Å². The Labute approximate surface area is 347 Å². The Bertz CT molecular complexity index is 2690. The smallest absolute Gasteiger partial charge is 0.259 e. The molecule has 0 amide bonds. The van der Waals surface area contributed by atoms with E-state index in [-0.39, 0.29) is 54.9 Å². The molecule has 2 aliphatic carbocycles. The SMILES string of the molecule is O=C1c2cc3c(cc2-c2c1c1ccc(Cl)cc1c(=O)n2CCCCCCO)OCO3.O=C1c2cc3c(cc2-c2c1c1ccc(F)cc1c(=O)n2CCCCCCO)OCO3. The molecule has 0 fully saturated rings. The fourth-order valence-electron chi connectivity index (χ4n) is 8.68. The number of rotatable bonds is 12. The molecule has 0 radical (unpaired) electrons. The molecule has 6 aromatic rings. The molecule has 10 rings (SSSR count). The third-order valence-electron chi connectivity index (χ3n) is 11.5. The van der Waals surface area contributed by atoms with Gasteiger partial charge in [0.25, 0.3) is 11.1 Å². The highest BCUT2D eigenvalue weighted by molar-refractivity contribution is 6.32. The first-order valence-corrected chi connectivity index (χ1v) is 20.5. The van der Waals surface area contributed by atoms with Crippen molar-refractivity contribution in [3.63, 3.8) is 0 Å². The fourth-order valence-corrected chi connectivity index (χ4v) is 8.85. The normalized spacial score (nSPS) is 13.7. The number of aliphatic hydroxyl groups excluding tert-OH is 2. The number of ketones is 2. The second-order valence-electron chi connectivity index (χ2n) is 15.2. The fraction of sp³-hybridized carbons (Fsp3) is 0.304. The molecule has 2 aliphatic heterocycles. The van der Waals surface area contributed by atoms with Crippen molar-refractivity contribution in [2.24, 2.45) is 0 Å². The van der Waals surface area contributed by atoms with Crippen LogP contribution in [-0.2, 0) is 13.1 Å². The highest BCUT2D eigenvalue weighted by Gasteiger charge is 2.37. The molecule has 2 N–H and O–H groups in total. The number of hydrogen-bond acceptors (Lipinski definition) is 10. The molecule has 60 heavy (non-hydrogen) atoms. The van der Waals surface area contributed by atoms with E-state index in [0.29, 0.717) is 115 Å². The van der Waals surface area contributed by atoms with Gasteiger partial charge in [-0.1, -0.05) is 49.4 Å². The minimum atomic E-state index is -0.516. The van der Waals surface area contributed by atoms with E-state index < -0.39 is 5.82 Å². The maximum Gasteiger partial charge on any atom is 0.259 e. The van der Waals surface area contributed by atoms with Crippen LogP contribution in [0.4, 0.5) is 4.39 Å². The van der Waals surface area contributed by atoms with Gasteiger partial charge in [-0.05, 0) is 74.2 Å². The average molecular weight is 835 g/mol. The van der Waals surface area contributed by atoms with Gasteiger partial charge in [0.05, 0.1) is 27.9 Å². The quantitative estimate of drug-likeness (QED) is 0.117. The van der Waals surface area contributed by atoms with Crippen LogP contribution in [0.25, 0.3) is 44.1 Å². The summed E-state index contributed by atoms with van der Waals surface area (Å²) in [5, 5.41) is 20.1. The molecule has 0 saturated heterocycles. The number of nitrogens with zero attached hydrogens (tertiary/aromatic N) is 2. The van der Waals surface area contributed by atoms with Crippen LogP contribution in [0, 0.1) is 5.82 Å². The number of pyridine rings is 2. The van der Waals surface area contributed by atoms with E-state index >= 15 is 0 Å². The highest BCUT2D eigenvalue weighted by Crippen LogP contribution is 2.47. The first-order valence-electron chi connectivity index (χ1n) is 20.1. The summed E-state index contributed by atoms with van der Waals surface area (Å²) in [6.45, 7) is 1.40. The zero-order valence-electron chi connectivity index (χ0n) is 32.5. The zero-order valence-corrected chi connectivity index (χ0v) is 33.2. The lowest BCUT2D eigenvalue weighted by Gasteiger charge is -2.15. The molecule has 4 aliphatic rings. The predicted octanol–water partition coefficient (Wildman–Crippen LogP) is 7.78. The van der Waals surface area contributed by atoms with Crippen LogP contribution in [-0.4, -0.2) is 57.7 Å². The van der Waals surface area contributed by atoms with E-state index in [4.69, 9.17) is 40.8 Å². The van der Waals surface area contributed by atoms with Gasteiger partial charge in [0.2, 0.25) is 13.6 Å². The zero-order chi connectivity index (χ0) is 41.7. The number of hydrogen-bond donors (Lipinski definition) is 2. The summed E-state index contributed by atoms with van der Waals surface area (Å²) in [4.78, 5) is 53.4. The molecular weight excluding hydrogens is 795 g/mol. The third kappa shape index (κ3) is 6.70. The van der Waals surface area contributed by atoms with E-state index in [0.717, 1.165) is 38.5 Å². The van der Waals surface area contributed by atoms with Crippen molar-refractivity contribution in [1.82, 2.24) is 9.13 Å². The van der Waals surface area contributed by atoms with Crippen LogP contribution in [0.15, 0.2) is 70.3 Å². The van der Waals surface area contributed by atoms with Crippen LogP contribution in [0.1, 0.15) is 83.2 Å². The average Bonchev–Trinajstić information content (AvgIpc) is 4.03. The standard InChI is InChI=1S/C23H20ClNO5.C23H20FNO5/c2*24-13-5-6-14-17(9-13)23(28)25(7-3-1-2-4-8-26)21-15-10-18-19(30-12-29-18)11-16(15)22(27)20(14)21/h2*5-6,9-11,26H,1-4,7-8,12H2. The van der Waals surface area contributed by atoms with Crippen molar-refractivity contribution >= 4 is 44.7 Å². The second-order valence-corrected chi connectivity index (χ2v) is 15.6. The minimum absolute atomic E-state index is 0.0912. The first-order chi connectivity index (χ1) is 29.2. The summed E-state index contributed by atoms with van der Waals surface area (Å²) >= 11 is 6.16. The van der Waals surface area contributed by atoms with Gasteiger partial charge >= 0.3 is 0 Å². The second kappa shape index (κ2) is 16.2. The van der Waals surface area contributed by atoms with Gasteiger partial charge in [-0.15, -0.1) is 0 Å². The number of carbonyl (C=O) groups excluding carboxylic acids is 2. The van der Waals surface area contributed by atoms with E-state index in [1.54, 1.807) is 51.6 Å². The van der Waals surface area contributed by atoms with Crippen molar-refractivity contribution in [2.75, 3.05) is 26.8 Å². The molecule has 4 aromatic carbocycles. The largest absolute Gasteiger partial charge is 0.454 e. The van der Waals surface area contributed by atoms with Gasteiger partial charge < -0.3 is 38.3 Å². The Hall–Kier alpha value is -6.02. The Kier molecular flexibility index (Phi) is 10.7. The molecule has 12 nitrogen and oxygen atoms in total.